The summed E-state index contributed by atoms with van der Waals surface area (Å²) in [4.78, 5) is 0. The third kappa shape index (κ3) is 3.41. The van der Waals surface area contributed by atoms with Crippen molar-refractivity contribution in [3.8, 4) is 0 Å². The Labute approximate surface area is 264 Å². The van der Waals surface area contributed by atoms with Crippen molar-refractivity contribution < 1.29 is 0 Å². The molecule has 8 bridgehead atoms. The third-order valence-electron chi connectivity index (χ3n) is 14.8. The summed E-state index contributed by atoms with van der Waals surface area (Å²) in [7, 11) is 0. The first-order valence-electron chi connectivity index (χ1n) is 17.7. The summed E-state index contributed by atoms with van der Waals surface area (Å²) < 4.78 is 0. The largest absolute Gasteiger partial charge is 0.0622 e. The number of benzene rings is 4. The molecule has 8 saturated carbocycles. The Morgan fingerprint density at radius 3 is 0.795 bits per heavy atom. The minimum absolute atomic E-state index is 0.305. The molecule has 4 atom stereocenters. The van der Waals surface area contributed by atoms with E-state index in [-0.39, 0.29) is 0 Å². The van der Waals surface area contributed by atoms with Crippen molar-refractivity contribution in [2.45, 2.75) is 98.7 Å². The average Bonchev–Trinajstić information content (AvgIpc) is 3.05. The van der Waals surface area contributed by atoms with Gasteiger partial charge in [-0.2, -0.15) is 0 Å². The number of rotatable bonds is 5. The van der Waals surface area contributed by atoms with Crippen LogP contribution in [0.25, 0.3) is 0 Å². The lowest BCUT2D eigenvalue weighted by Crippen LogP contribution is -2.70. The topological polar surface area (TPSA) is 0 Å². The fraction of sp³-hybridized carbons (Fsp3) is 0.455. The van der Waals surface area contributed by atoms with Crippen molar-refractivity contribution in [3.63, 3.8) is 0 Å². The summed E-state index contributed by atoms with van der Waals surface area (Å²) in [6, 6.07) is 47.7. The van der Waals surface area contributed by atoms with Crippen molar-refractivity contribution in [2.24, 2.45) is 22.7 Å². The van der Waals surface area contributed by atoms with E-state index in [9.17, 15) is 0 Å². The molecule has 8 fully saturated rings. The average molecular weight is 575 g/mol. The van der Waals surface area contributed by atoms with Gasteiger partial charge in [0.1, 0.15) is 0 Å². The van der Waals surface area contributed by atoms with Crippen molar-refractivity contribution in [3.05, 3.63) is 144 Å². The molecule has 0 nitrogen and oxygen atoms in total. The second-order valence-corrected chi connectivity index (χ2v) is 17.2. The van der Waals surface area contributed by atoms with Crippen LogP contribution in [0.5, 0.6) is 0 Å². The first-order chi connectivity index (χ1) is 21.5. The Kier molecular flexibility index (Phi) is 5.21. The Morgan fingerprint density at radius 2 is 0.545 bits per heavy atom. The van der Waals surface area contributed by atoms with Gasteiger partial charge in [-0.1, -0.05) is 121 Å². The van der Waals surface area contributed by atoms with Crippen molar-refractivity contribution >= 4 is 0 Å². The molecule has 0 heteroatoms. The van der Waals surface area contributed by atoms with Gasteiger partial charge >= 0.3 is 0 Å². The van der Waals surface area contributed by atoms with Gasteiger partial charge in [-0.3, -0.25) is 0 Å². The molecule has 8 aliphatic rings. The molecule has 8 aliphatic carbocycles. The Bertz CT molecular complexity index is 1450. The predicted octanol–water partition coefficient (Wildman–Crippen LogP) is 10.7. The maximum Gasteiger partial charge on any atom is -0.00304 e. The molecular formula is C44H46. The van der Waals surface area contributed by atoms with E-state index in [1.165, 1.54) is 77.0 Å². The van der Waals surface area contributed by atoms with Crippen LogP contribution in [0.3, 0.4) is 0 Å². The van der Waals surface area contributed by atoms with E-state index >= 15 is 0 Å². The van der Waals surface area contributed by atoms with E-state index in [0.717, 1.165) is 11.8 Å². The lowest BCUT2D eigenvalue weighted by atomic mass is 9.26. The van der Waals surface area contributed by atoms with Crippen LogP contribution in [0.2, 0.25) is 0 Å². The zero-order valence-electron chi connectivity index (χ0n) is 26.2. The second-order valence-electron chi connectivity index (χ2n) is 17.2. The van der Waals surface area contributed by atoms with Gasteiger partial charge in [0.2, 0.25) is 0 Å². The molecule has 0 saturated heterocycles. The summed E-state index contributed by atoms with van der Waals surface area (Å²) in [6.07, 6.45) is 16.9. The highest BCUT2D eigenvalue weighted by atomic mass is 14.8. The minimum atomic E-state index is 0.305. The quantitative estimate of drug-likeness (QED) is 0.222. The van der Waals surface area contributed by atoms with Crippen molar-refractivity contribution in [1.82, 2.24) is 0 Å². The summed E-state index contributed by atoms with van der Waals surface area (Å²) >= 11 is 0. The summed E-state index contributed by atoms with van der Waals surface area (Å²) in [6.45, 7) is 0. The molecule has 0 heterocycles. The maximum atomic E-state index is 2.51. The molecule has 0 amide bonds. The molecule has 44 heavy (non-hydrogen) atoms. The molecule has 0 aromatic heterocycles. The SMILES string of the molecule is c1ccc(C23CC4CC(c5ccccc5)(C2)CC(C25CC6CC(c7ccccc7)(CC(c7ccccc7)(C6)C2)C5)(C4)C3)cc1. The lowest BCUT2D eigenvalue weighted by molar-refractivity contribution is -0.224. The third-order valence-corrected chi connectivity index (χ3v) is 14.8. The van der Waals surface area contributed by atoms with Crippen LogP contribution in [0.4, 0.5) is 0 Å². The van der Waals surface area contributed by atoms with Gasteiger partial charge in [0.05, 0.1) is 0 Å². The molecule has 0 spiro atoms. The molecule has 4 aromatic carbocycles. The summed E-state index contributed by atoms with van der Waals surface area (Å²) in [5.74, 6) is 1.67. The fourth-order valence-electron chi connectivity index (χ4n) is 14.5. The zero-order chi connectivity index (χ0) is 29.1. The second kappa shape index (κ2) is 8.78. The van der Waals surface area contributed by atoms with Crippen LogP contribution in [0.15, 0.2) is 121 Å². The Hall–Kier alpha value is -3.12. The van der Waals surface area contributed by atoms with Crippen LogP contribution in [0, 0.1) is 22.7 Å². The van der Waals surface area contributed by atoms with E-state index in [2.05, 4.69) is 121 Å². The van der Waals surface area contributed by atoms with Crippen molar-refractivity contribution in [2.75, 3.05) is 0 Å². The van der Waals surface area contributed by atoms with E-state index < -0.39 is 0 Å². The standard InChI is InChI=1S/C44H46/c1-5-13-35(14-6-1)39-21-33-22-40(27-39,36-15-7-2-8-16-36)30-43(25-33,29-39)44-26-34-23-41(31-44,37-17-9-3-10-18-37)28-42(24-34,32-44)38-19-11-4-12-20-38/h1-20,33-34H,21-32H2. The zero-order valence-corrected chi connectivity index (χ0v) is 26.2. The summed E-state index contributed by atoms with van der Waals surface area (Å²) in [5.41, 5.74) is 8.61. The Balaban J connectivity index is 1.19. The molecule has 0 radical (unpaired) electrons. The van der Waals surface area contributed by atoms with Crippen LogP contribution in [0.1, 0.15) is 99.3 Å². The first kappa shape index (κ1) is 26.1. The predicted molar refractivity (Wildman–Crippen MR) is 180 cm³/mol. The smallest absolute Gasteiger partial charge is 0.00304 e. The summed E-state index contributed by atoms with van der Waals surface area (Å²) in [5, 5.41) is 0. The van der Waals surface area contributed by atoms with Crippen LogP contribution >= 0.6 is 0 Å². The van der Waals surface area contributed by atoms with E-state index in [1.54, 1.807) is 22.3 Å². The monoisotopic (exact) mass is 574 g/mol. The molecule has 4 aromatic rings. The molecule has 4 unspecified atom stereocenters. The van der Waals surface area contributed by atoms with Crippen LogP contribution in [-0.4, -0.2) is 0 Å². The highest BCUT2D eigenvalue weighted by Gasteiger charge is 2.74. The molecule has 0 aliphatic heterocycles. The normalized spacial score (nSPS) is 42.9. The van der Waals surface area contributed by atoms with Gasteiger partial charge in [0.15, 0.2) is 0 Å². The highest BCUT2D eigenvalue weighted by molar-refractivity contribution is 5.44. The first-order valence-corrected chi connectivity index (χ1v) is 17.7. The van der Waals surface area contributed by atoms with Crippen LogP contribution in [-0.2, 0) is 21.7 Å². The highest BCUT2D eigenvalue weighted by Crippen LogP contribution is 2.82. The van der Waals surface area contributed by atoms with E-state index in [1.807, 2.05) is 0 Å². The molecule has 12 rings (SSSR count). The molecule has 222 valence electrons. The minimum Gasteiger partial charge on any atom is -0.0622 e. The number of hydrogen-bond acceptors (Lipinski definition) is 0. The van der Waals surface area contributed by atoms with Gasteiger partial charge in [-0.25, -0.2) is 0 Å². The van der Waals surface area contributed by atoms with Gasteiger partial charge in [0, 0.05) is 0 Å². The van der Waals surface area contributed by atoms with E-state index in [0.29, 0.717) is 32.5 Å². The van der Waals surface area contributed by atoms with Crippen molar-refractivity contribution in [1.29, 1.82) is 0 Å². The maximum absolute atomic E-state index is 2.51. The van der Waals surface area contributed by atoms with Crippen LogP contribution < -0.4 is 0 Å². The Morgan fingerprint density at radius 1 is 0.295 bits per heavy atom. The lowest BCUT2D eigenvalue weighted by Gasteiger charge is -2.77. The van der Waals surface area contributed by atoms with Gasteiger partial charge in [-0.15, -0.1) is 0 Å². The van der Waals surface area contributed by atoms with Gasteiger partial charge < -0.3 is 0 Å². The fourth-order valence-corrected chi connectivity index (χ4v) is 14.5. The van der Waals surface area contributed by atoms with E-state index in [4.69, 9.17) is 0 Å². The molecular weight excluding hydrogens is 528 g/mol. The number of hydrogen-bond donors (Lipinski definition) is 0. The van der Waals surface area contributed by atoms with Gasteiger partial charge in [-0.05, 0) is 144 Å². The van der Waals surface area contributed by atoms with Gasteiger partial charge in [0.25, 0.3) is 0 Å². The molecule has 0 N–H and O–H groups in total.